The van der Waals surface area contributed by atoms with Crippen molar-refractivity contribution in [3.8, 4) is 16.8 Å². The minimum absolute atomic E-state index is 0. The third-order valence-electron chi connectivity index (χ3n) is 6.22. The fourth-order valence-electron chi connectivity index (χ4n) is 4.39. The van der Waals surface area contributed by atoms with Crippen molar-refractivity contribution in [2.75, 3.05) is 11.9 Å². The molecule has 10 heteroatoms. The van der Waals surface area contributed by atoms with E-state index < -0.39 is 5.97 Å². The number of ether oxygens (including phenoxy) is 1. The molecule has 0 spiro atoms. The highest BCUT2D eigenvalue weighted by atomic mass is 35.5. The number of pyridine rings is 2. The molecule has 0 aliphatic heterocycles. The summed E-state index contributed by atoms with van der Waals surface area (Å²) in [6.45, 7) is 2.01. The highest BCUT2D eigenvalue weighted by Gasteiger charge is 2.15. The Hall–Kier alpha value is -4.89. The van der Waals surface area contributed by atoms with Crippen LogP contribution in [0, 0.1) is 0 Å². The Kier molecular flexibility index (Phi) is 9.55. The smallest absolute Gasteiger partial charge is 0.306 e. The Bertz CT molecular complexity index is 1740. The monoisotopic (exact) mass is 569 g/mol. The first kappa shape index (κ1) is 29.1. The molecule has 2 aromatic carbocycles. The molecule has 1 N–H and O–H groups in total. The van der Waals surface area contributed by atoms with Gasteiger partial charge < -0.3 is 10.1 Å². The number of halogens is 1. The number of fused-ring (bicyclic) bond motifs is 1. The maximum Gasteiger partial charge on any atom is 0.306 e. The van der Waals surface area contributed by atoms with Gasteiger partial charge in [0.2, 0.25) is 5.91 Å². The van der Waals surface area contributed by atoms with Crippen LogP contribution in [0.1, 0.15) is 31.0 Å². The number of nitrogens with zero attached hydrogens (tertiary/aromatic N) is 4. The number of carbonyl (C=O) groups is 2. The summed E-state index contributed by atoms with van der Waals surface area (Å²) in [5.41, 5.74) is 5.04. The summed E-state index contributed by atoms with van der Waals surface area (Å²) in [6.07, 6.45) is 5.45. The number of hydrogen-bond donors (Lipinski definition) is 1. The molecule has 0 saturated carbocycles. The highest BCUT2D eigenvalue weighted by molar-refractivity contribution is 5.93. The Balaban J connectivity index is 0.00000387. The first-order valence-electron chi connectivity index (χ1n) is 12.9. The molecular weight excluding hydrogens is 542 g/mol. The molecule has 0 radical (unpaired) electrons. The molecule has 0 aliphatic rings. The van der Waals surface area contributed by atoms with E-state index in [2.05, 4.69) is 20.3 Å². The van der Waals surface area contributed by atoms with Crippen LogP contribution in [0.15, 0.2) is 96.2 Å². The minimum atomic E-state index is -0.403. The zero-order chi connectivity index (χ0) is 27.9. The van der Waals surface area contributed by atoms with Gasteiger partial charge in [0.25, 0.3) is 5.56 Å². The standard InChI is InChI=1S/C31H27N5O4.ClH/c1-2-40-29(38)14-13-28(37)34-24-10-3-8-22(18-24)23-9-4-11-25(19-23)36-30-26(12-6-16-33-30)35-27(31(36)39)17-21-7-5-15-32-20-21;/h3-12,15-16,18-20H,2,13-14,17H2,1H3,(H,34,37);1H. The van der Waals surface area contributed by atoms with E-state index in [4.69, 9.17) is 4.74 Å². The molecule has 0 aliphatic carbocycles. The second kappa shape index (κ2) is 13.5. The lowest BCUT2D eigenvalue weighted by Gasteiger charge is -2.13. The van der Waals surface area contributed by atoms with E-state index in [1.807, 2.05) is 60.7 Å². The third-order valence-corrected chi connectivity index (χ3v) is 6.22. The summed E-state index contributed by atoms with van der Waals surface area (Å²) in [5.74, 6) is -0.679. The van der Waals surface area contributed by atoms with Crippen molar-refractivity contribution in [2.45, 2.75) is 26.2 Å². The molecule has 41 heavy (non-hydrogen) atoms. The molecule has 0 unspecified atom stereocenters. The number of nitrogens with one attached hydrogen (secondary N) is 1. The van der Waals surface area contributed by atoms with E-state index in [-0.39, 0.29) is 43.3 Å². The molecule has 208 valence electrons. The van der Waals surface area contributed by atoms with Gasteiger partial charge in [0.1, 0.15) is 11.2 Å². The van der Waals surface area contributed by atoms with Crippen LogP contribution < -0.4 is 10.9 Å². The van der Waals surface area contributed by atoms with Gasteiger partial charge in [-0.05, 0) is 66.1 Å². The van der Waals surface area contributed by atoms with E-state index >= 15 is 0 Å². The summed E-state index contributed by atoms with van der Waals surface area (Å²) in [6, 6.07) is 22.3. The summed E-state index contributed by atoms with van der Waals surface area (Å²) < 4.78 is 6.47. The molecule has 1 amide bonds. The Morgan fingerprint density at radius 3 is 2.49 bits per heavy atom. The average molecular weight is 570 g/mol. The van der Waals surface area contributed by atoms with Gasteiger partial charge in [0.15, 0.2) is 5.65 Å². The lowest BCUT2D eigenvalue weighted by atomic mass is 10.0. The molecule has 3 aromatic heterocycles. The van der Waals surface area contributed by atoms with Gasteiger partial charge in [-0.3, -0.25) is 23.9 Å². The maximum absolute atomic E-state index is 13.7. The number of benzene rings is 2. The van der Waals surface area contributed by atoms with Crippen LogP contribution >= 0.6 is 12.4 Å². The highest BCUT2D eigenvalue weighted by Crippen LogP contribution is 2.26. The maximum atomic E-state index is 13.7. The van der Waals surface area contributed by atoms with Crippen molar-refractivity contribution in [1.82, 2.24) is 19.5 Å². The molecule has 3 heterocycles. The van der Waals surface area contributed by atoms with E-state index in [0.717, 1.165) is 16.7 Å². The van der Waals surface area contributed by atoms with E-state index in [1.165, 1.54) is 0 Å². The molecule has 0 fully saturated rings. The van der Waals surface area contributed by atoms with Crippen LogP contribution in [0.4, 0.5) is 5.69 Å². The second-order valence-corrected chi connectivity index (χ2v) is 9.07. The number of rotatable bonds is 9. The van der Waals surface area contributed by atoms with Crippen LogP contribution in [0.3, 0.4) is 0 Å². The zero-order valence-corrected chi connectivity index (χ0v) is 23.1. The van der Waals surface area contributed by atoms with Crippen LogP contribution in [0.5, 0.6) is 0 Å². The molecule has 0 bridgehead atoms. The predicted octanol–water partition coefficient (Wildman–Crippen LogP) is 5.14. The van der Waals surface area contributed by atoms with E-state index in [9.17, 15) is 14.4 Å². The summed E-state index contributed by atoms with van der Waals surface area (Å²) in [5, 5.41) is 2.83. The van der Waals surface area contributed by atoms with Crippen molar-refractivity contribution < 1.29 is 14.3 Å². The quantitative estimate of drug-likeness (QED) is 0.244. The number of anilines is 1. The summed E-state index contributed by atoms with van der Waals surface area (Å²) in [4.78, 5) is 50.9. The van der Waals surface area contributed by atoms with Crippen LogP contribution in [0.25, 0.3) is 28.0 Å². The number of aromatic nitrogens is 4. The largest absolute Gasteiger partial charge is 0.466 e. The van der Waals surface area contributed by atoms with Crippen LogP contribution in [-0.4, -0.2) is 38.0 Å². The molecule has 5 rings (SSSR count). The second-order valence-electron chi connectivity index (χ2n) is 9.07. The number of amides is 1. The van der Waals surface area contributed by atoms with Gasteiger partial charge in [-0.1, -0.05) is 30.3 Å². The van der Waals surface area contributed by atoms with Crippen LogP contribution in [-0.2, 0) is 20.7 Å². The number of hydrogen-bond acceptors (Lipinski definition) is 7. The summed E-state index contributed by atoms with van der Waals surface area (Å²) >= 11 is 0. The van der Waals surface area contributed by atoms with Gasteiger partial charge in [-0.15, -0.1) is 12.4 Å². The lowest BCUT2D eigenvalue weighted by molar-refractivity contribution is -0.144. The van der Waals surface area contributed by atoms with Crippen molar-refractivity contribution in [2.24, 2.45) is 0 Å². The van der Waals surface area contributed by atoms with Crippen molar-refractivity contribution >= 4 is 41.1 Å². The lowest BCUT2D eigenvalue weighted by Crippen LogP contribution is -2.25. The third kappa shape index (κ3) is 7.01. The Morgan fingerprint density at radius 1 is 0.927 bits per heavy atom. The Labute approximate surface area is 242 Å². The van der Waals surface area contributed by atoms with Crippen molar-refractivity contribution in [3.05, 3.63) is 113 Å². The van der Waals surface area contributed by atoms with Crippen molar-refractivity contribution in [3.63, 3.8) is 0 Å². The SMILES string of the molecule is CCOC(=O)CCC(=O)Nc1cccc(-c2cccc(-n3c(=O)c(Cc4cccnc4)nc4cccnc43)c2)c1.Cl. The number of esters is 1. The number of carbonyl (C=O) groups excluding carboxylic acids is 2. The van der Waals surface area contributed by atoms with Crippen molar-refractivity contribution in [1.29, 1.82) is 0 Å². The Morgan fingerprint density at radius 2 is 1.71 bits per heavy atom. The minimum Gasteiger partial charge on any atom is -0.466 e. The first-order valence-corrected chi connectivity index (χ1v) is 12.9. The van der Waals surface area contributed by atoms with Gasteiger partial charge in [-0.2, -0.15) is 0 Å². The summed E-state index contributed by atoms with van der Waals surface area (Å²) in [7, 11) is 0. The van der Waals surface area contributed by atoms with Gasteiger partial charge in [0.05, 0.1) is 18.7 Å². The van der Waals surface area contributed by atoms with E-state index in [0.29, 0.717) is 34.7 Å². The molecular formula is C31H28ClN5O4. The van der Waals surface area contributed by atoms with Gasteiger partial charge in [-0.25, -0.2) is 9.97 Å². The molecule has 0 atom stereocenters. The fraction of sp³-hybridized carbons (Fsp3) is 0.161. The average Bonchev–Trinajstić information content (AvgIpc) is 2.97. The molecule has 0 saturated heterocycles. The first-order chi connectivity index (χ1) is 19.5. The predicted molar refractivity (Wildman–Crippen MR) is 159 cm³/mol. The van der Waals surface area contributed by atoms with Gasteiger partial charge in [0, 0.05) is 37.1 Å². The normalized spacial score (nSPS) is 10.6. The fourth-order valence-corrected chi connectivity index (χ4v) is 4.39. The van der Waals surface area contributed by atoms with Gasteiger partial charge >= 0.3 is 5.97 Å². The van der Waals surface area contributed by atoms with Crippen LogP contribution in [0.2, 0.25) is 0 Å². The zero-order valence-electron chi connectivity index (χ0n) is 22.3. The molecule has 5 aromatic rings. The van der Waals surface area contributed by atoms with E-state index in [1.54, 1.807) is 42.2 Å². The topological polar surface area (TPSA) is 116 Å². The molecule has 9 nitrogen and oxygen atoms in total.